The first kappa shape index (κ1) is 20.2. The molecular formula is C22H24N3O2S2-. The van der Waals surface area contributed by atoms with Crippen molar-refractivity contribution in [1.82, 2.24) is 9.97 Å². The molecule has 1 atom stereocenters. The number of nitrogens with zero attached hydrogens (tertiary/aromatic N) is 2. The Kier molecular flexibility index (Phi) is 6.35. The maximum atomic E-state index is 11.7. The van der Waals surface area contributed by atoms with Crippen molar-refractivity contribution in [2.45, 2.75) is 44.6 Å². The number of carboxylic acid groups (broad SMARTS) is 1. The van der Waals surface area contributed by atoms with Crippen LogP contribution in [-0.2, 0) is 24.1 Å². The van der Waals surface area contributed by atoms with E-state index in [1.54, 1.807) is 23.1 Å². The van der Waals surface area contributed by atoms with Gasteiger partial charge in [0, 0.05) is 11.3 Å². The minimum atomic E-state index is -1.08. The van der Waals surface area contributed by atoms with Crippen molar-refractivity contribution in [2.24, 2.45) is 0 Å². The number of thiophene rings is 1. The SMILES string of the molecule is CSCC[C@H](Nc1nc(Cc2ccccc2)nc2sc3c(c12)CCCC3)C(=O)[O-]. The normalized spacial score (nSPS) is 14.5. The summed E-state index contributed by atoms with van der Waals surface area (Å²) in [6.45, 7) is 0. The van der Waals surface area contributed by atoms with E-state index in [-0.39, 0.29) is 0 Å². The van der Waals surface area contributed by atoms with Gasteiger partial charge in [-0.05, 0) is 55.2 Å². The highest BCUT2D eigenvalue weighted by Gasteiger charge is 2.23. The first-order valence-corrected chi connectivity index (χ1v) is 12.2. The Hall–Kier alpha value is -2.12. The van der Waals surface area contributed by atoms with Crippen molar-refractivity contribution in [3.05, 3.63) is 52.2 Å². The molecule has 0 fully saturated rings. The molecule has 1 aliphatic carbocycles. The summed E-state index contributed by atoms with van der Waals surface area (Å²) in [6.07, 6.45) is 7.52. The van der Waals surface area contributed by atoms with E-state index in [1.807, 2.05) is 24.5 Å². The number of benzene rings is 1. The first-order valence-electron chi connectivity index (χ1n) is 9.97. The van der Waals surface area contributed by atoms with Crippen LogP contribution in [0.1, 0.15) is 41.1 Å². The molecule has 5 nitrogen and oxygen atoms in total. The molecule has 0 unspecified atom stereocenters. The lowest BCUT2D eigenvalue weighted by Gasteiger charge is -2.21. The van der Waals surface area contributed by atoms with Crippen molar-refractivity contribution in [3.8, 4) is 0 Å². The van der Waals surface area contributed by atoms with Crippen molar-refractivity contribution >= 4 is 45.1 Å². The summed E-state index contributed by atoms with van der Waals surface area (Å²) in [4.78, 5) is 23.7. The summed E-state index contributed by atoms with van der Waals surface area (Å²) < 4.78 is 0. The van der Waals surface area contributed by atoms with Crippen molar-refractivity contribution in [2.75, 3.05) is 17.3 Å². The highest BCUT2D eigenvalue weighted by atomic mass is 32.2. The van der Waals surface area contributed by atoms with Gasteiger partial charge in [-0.2, -0.15) is 11.8 Å². The first-order chi connectivity index (χ1) is 14.2. The second-order valence-electron chi connectivity index (χ2n) is 7.34. The third-order valence-electron chi connectivity index (χ3n) is 5.27. The number of carbonyl (C=O) groups excluding carboxylic acids is 1. The van der Waals surface area contributed by atoms with E-state index in [9.17, 15) is 9.90 Å². The molecule has 1 N–H and O–H groups in total. The van der Waals surface area contributed by atoms with E-state index in [4.69, 9.17) is 9.97 Å². The number of rotatable bonds is 8. The zero-order valence-electron chi connectivity index (χ0n) is 16.4. The predicted molar refractivity (Wildman–Crippen MR) is 119 cm³/mol. The second kappa shape index (κ2) is 9.13. The molecule has 0 bridgehead atoms. The van der Waals surface area contributed by atoms with Crippen LogP contribution < -0.4 is 10.4 Å². The van der Waals surface area contributed by atoms with Gasteiger partial charge < -0.3 is 15.2 Å². The molecular weight excluding hydrogens is 402 g/mol. The van der Waals surface area contributed by atoms with E-state index >= 15 is 0 Å². The van der Waals surface area contributed by atoms with Crippen LogP contribution in [0.15, 0.2) is 30.3 Å². The molecule has 0 spiro atoms. The summed E-state index contributed by atoms with van der Waals surface area (Å²) in [7, 11) is 0. The van der Waals surface area contributed by atoms with Crippen LogP contribution in [0, 0.1) is 0 Å². The number of carboxylic acids is 1. The van der Waals surface area contributed by atoms with E-state index in [0.29, 0.717) is 24.5 Å². The van der Waals surface area contributed by atoms with Crippen LogP contribution in [0.5, 0.6) is 0 Å². The summed E-state index contributed by atoms with van der Waals surface area (Å²) in [5.74, 6) is 1.03. The molecule has 7 heteroatoms. The van der Waals surface area contributed by atoms with Gasteiger partial charge in [0.2, 0.25) is 0 Å². The predicted octanol–water partition coefficient (Wildman–Crippen LogP) is 3.44. The van der Waals surface area contributed by atoms with Gasteiger partial charge in [-0.1, -0.05) is 30.3 Å². The van der Waals surface area contributed by atoms with Crippen molar-refractivity contribution in [3.63, 3.8) is 0 Å². The molecule has 0 saturated carbocycles. The molecule has 0 aliphatic heterocycles. The lowest BCUT2D eigenvalue weighted by atomic mass is 9.97. The fraction of sp³-hybridized carbons (Fsp3) is 0.409. The highest BCUT2D eigenvalue weighted by Crippen LogP contribution is 2.39. The number of hydrogen-bond acceptors (Lipinski definition) is 7. The van der Waals surface area contributed by atoms with Gasteiger partial charge in [0.15, 0.2) is 0 Å². The van der Waals surface area contributed by atoms with Crippen LogP contribution in [0.4, 0.5) is 5.82 Å². The molecule has 0 radical (unpaired) electrons. The van der Waals surface area contributed by atoms with Crippen LogP contribution in [0.25, 0.3) is 10.2 Å². The van der Waals surface area contributed by atoms with Gasteiger partial charge in [0.1, 0.15) is 16.5 Å². The van der Waals surface area contributed by atoms with Gasteiger partial charge in [-0.25, -0.2) is 9.97 Å². The Bertz CT molecular complexity index is 1000. The maximum absolute atomic E-state index is 11.7. The monoisotopic (exact) mass is 426 g/mol. The Labute approximate surface area is 179 Å². The van der Waals surface area contributed by atoms with Crippen LogP contribution in [-0.4, -0.2) is 34.0 Å². The summed E-state index contributed by atoms with van der Waals surface area (Å²) >= 11 is 3.36. The summed E-state index contributed by atoms with van der Waals surface area (Å²) in [5.41, 5.74) is 2.44. The standard InChI is InChI=1S/C22H25N3O2S2/c1-28-12-11-16(22(26)27)23-20-19-15-9-5-6-10-17(15)29-21(19)25-18(24-20)13-14-7-3-2-4-8-14/h2-4,7-8,16H,5-6,9-13H2,1H3,(H,26,27)(H,23,24,25)/p-1/t16-/m0/s1. The Morgan fingerprint density at radius 3 is 2.79 bits per heavy atom. The number of aryl methyl sites for hydroxylation is 2. The fourth-order valence-corrected chi connectivity index (χ4v) is 5.56. The van der Waals surface area contributed by atoms with Gasteiger partial charge in [-0.15, -0.1) is 11.3 Å². The largest absolute Gasteiger partial charge is 0.548 e. The number of thioether (sulfide) groups is 1. The molecule has 152 valence electrons. The number of aromatic nitrogens is 2. The molecule has 1 aromatic carbocycles. The van der Waals surface area contributed by atoms with Crippen LogP contribution in [0.3, 0.4) is 0 Å². The van der Waals surface area contributed by atoms with Gasteiger partial charge >= 0.3 is 0 Å². The third-order valence-corrected chi connectivity index (χ3v) is 7.10. The zero-order valence-corrected chi connectivity index (χ0v) is 18.1. The number of hydrogen-bond donors (Lipinski definition) is 1. The Morgan fingerprint density at radius 1 is 1.24 bits per heavy atom. The van der Waals surface area contributed by atoms with Crippen molar-refractivity contribution < 1.29 is 9.90 Å². The zero-order chi connectivity index (χ0) is 20.2. The lowest BCUT2D eigenvalue weighted by Crippen LogP contribution is -2.41. The topological polar surface area (TPSA) is 77.9 Å². The van der Waals surface area contributed by atoms with E-state index in [2.05, 4.69) is 17.4 Å². The minimum absolute atomic E-state index is 0.495. The van der Waals surface area contributed by atoms with Gasteiger partial charge in [0.25, 0.3) is 0 Å². The molecule has 2 heterocycles. The summed E-state index contributed by atoms with van der Waals surface area (Å²) in [6, 6.07) is 9.36. The Morgan fingerprint density at radius 2 is 2.03 bits per heavy atom. The minimum Gasteiger partial charge on any atom is -0.548 e. The molecule has 0 saturated heterocycles. The third kappa shape index (κ3) is 4.56. The average molecular weight is 427 g/mol. The van der Waals surface area contributed by atoms with E-state index in [1.165, 1.54) is 16.9 Å². The molecule has 0 amide bonds. The average Bonchev–Trinajstić information content (AvgIpc) is 3.10. The molecule has 1 aliphatic rings. The number of aliphatic carboxylic acids is 1. The van der Waals surface area contributed by atoms with Crippen molar-refractivity contribution in [1.29, 1.82) is 0 Å². The maximum Gasteiger partial charge on any atom is 0.139 e. The van der Waals surface area contributed by atoms with Crippen LogP contribution in [0.2, 0.25) is 0 Å². The highest BCUT2D eigenvalue weighted by molar-refractivity contribution is 7.98. The summed E-state index contributed by atoms with van der Waals surface area (Å²) in [5, 5.41) is 15.9. The fourth-order valence-electron chi connectivity index (χ4n) is 3.81. The van der Waals surface area contributed by atoms with Crippen LogP contribution >= 0.6 is 23.1 Å². The lowest BCUT2D eigenvalue weighted by molar-refractivity contribution is -0.306. The molecule has 29 heavy (non-hydrogen) atoms. The van der Waals surface area contributed by atoms with Gasteiger partial charge in [0.05, 0.1) is 17.4 Å². The molecule has 3 aromatic rings. The number of anilines is 1. The van der Waals surface area contributed by atoms with E-state index < -0.39 is 12.0 Å². The second-order valence-corrected chi connectivity index (χ2v) is 9.41. The van der Waals surface area contributed by atoms with E-state index in [0.717, 1.165) is 40.8 Å². The van der Waals surface area contributed by atoms with Gasteiger partial charge in [-0.3, -0.25) is 0 Å². The molecule has 2 aromatic heterocycles. The number of carbonyl (C=O) groups is 1. The molecule has 4 rings (SSSR count). The number of nitrogens with one attached hydrogen (secondary N) is 1. The quantitative estimate of drug-likeness (QED) is 0.594. The number of fused-ring (bicyclic) bond motifs is 3. The smallest absolute Gasteiger partial charge is 0.139 e. The Balaban J connectivity index is 1.76.